The van der Waals surface area contributed by atoms with Crippen LogP contribution in [0, 0.1) is 5.82 Å². The van der Waals surface area contributed by atoms with E-state index >= 15 is 0 Å². The molecule has 1 fully saturated rings. The second kappa shape index (κ2) is 4.28. The maximum absolute atomic E-state index is 13.4. The molecule has 0 aromatic heterocycles. The van der Waals surface area contributed by atoms with Gasteiger partial charge >= 0.3 is 0 Å². The maximum Gasteiger partial charge on any atom is 0.146 e. The van der Waals surface area contributed by atoms with Crippen molar-refractivity contribution >= 4 is 11.6 Å². The topological polar surface area (TPSA) is 12.0 Å². The van der Waals surface area contributed by atoms with Gasteiger partial charge in [-0.1, -0.05) is 30.2 Å². The zero-order chi connectivity index (χ0) is 9.97. The Morgan fingerprint density at radius 3 is 2.86 bits per heavy atom. The molecule has 0 heterocycles. The van der Waals surface area contributed by atoms with Crippen molar-refractivity contribution in [3.05, 3.63) is 34.6 Å². The first-order valence-electron chi connectivity index (χ1n) is 4.93. The average molecular weight is 214 g/mol. The number of benzene rings is 1. The van der Waals surface area contributed by atoms with Gasteiger partial charge in [-0.2, -0.15) is 0 Å². The molecule has 1 aromatic rings. The summed E-state index contributed by atoms with van der Waals surface area (Å²) in [5.41, 5.74) is 0.657. The molecule has 0 saturated heterocycles. The van der Waals surface area contributed by atoms with Crippen molar-refractivity contribution in [1.29, 1.82) is 0 Å². The Balaban J connectivity index is 1.97. The molecule has 0 aliphatic heterocycles. The number of rotatable bonds is 3. The third-order valence-electron chi connectivity index (χ3n) is 2.72. The fourth-order valence-electron chi connectivity index (χ4n) is 1.55. The molecule has 1 nitrogen and oxygen atoms in total. The lowest BCUT2D eigenvalue weighted by molar-refractivity contribution is 0.336. The molecule has 0 atom stereocenters. The molecule has 14 heavy (non-hydrogen) atoms. The van der Waals surface area contributed by atoms with E-state index in [2.05, 4.69) is 5.32 Å². The largest absolute Gasteiger partial charge is 0.310 e. The minimum atomic E-state index is -0.291. The summed E-state index contributed by atoms with van der Waals surface area (Å²) in [6.07, 6.45) is 3.71. The molecular formula is C11H13ClFN. The lowest BCUT2D eigenvalue weighted by Gasteiger charge is -2.26. The molecule has 76 valence electrons. The zero-order valence-electron chi connectivity index (χ0n) is 7.89. The van der Waals surface area contributed by atoms with Gasteiger partial charge in [-0.15, -0.1) is 0 Å². The number of nitrogens with one attached hydrogen (secondary N) is 1. The third-order valence-corrected chi connectivity index (χ3v) is 3.01. The minimum absolute atomic E-state index is 0.206. The van der Waals surface area contributed by atoms with Crippen LogP contribution in [0.15, 0.2) is 18.2 Å². The van der Waals surface area contributed by atoms with Crippen molar-refractivity contribution in [3.8, 4) is 0 Å². The lowest BCUT2D eigenvalue weighted by Crippen LogP contribution is -2.34. The van der Waals surface area contributed by atoms with Crippen LogP contribution in [-0.4, -0.2) is 6.04 Å². The molecule has 0 unspecified atom stereocenters. The first-order chi connectivity index (χ1) is 6.77. The lowest BCUT2D eigenvalue weighted by atomic mass is 9.93. The van der Waals surface area contributed by atoms with E-state index in [1.54, 1.807) is 18.2 Å². The van der Waals surface area contributed by atoms with Gasteiger partial charge in [-0.25, -0.2) is 4.39 Å². The number of hydrogen-bond donors (Lipinski definition) is 1. The van der Waals surface area contributed by atoms with E-state index in [4.69, 9.17) is 11.6 Å². The van der Waals surface area contributed by atoms with Crippen molar-refractivity contribution in [2.45, 2.75) is 31.8 Å². The van der Waals surface area contributed by atoms with Crippen LogP contribution in [0.3, 0.4) is 0 Å². The smallest absolute Gasteiger partial charge is 0.146 e. The van der Waals surface area contributed by atoms with E-state index in [1.807, 2.05) is 0 Å². The molecule has 1 aromatic carbocycles. The molecule has 0 amide bonds. The highest BCUT2D eigenvalue weighted by molar-refractivity contribution is 6.30. The van der Waals surface area contributed by atoms with Crippen molar-refractivity contribution < 1.29 is 4.39 Å². The van der Waals surface area contributed by atoms with E-state index in [9.17, 15) is 4.39 Å². The van der Waals surface area contributed by atoms with Gasteiger partial charge in [-0.3, -0.25) is 0 Å². The van der Waals surface area contributed by atoms with Crippen LogP contribution in [0.1, 0.15) is 24.8 Å². The van der Waals surface area contributed by atoms with E-state index in [0.29, 0.717) is 18.2 Å². The first-order valence-corrected chi connectivity index (χ1v) is 5.31. The second-order valence-corrected chi connectivity index (χ2v) is 4.13. The Morgan fingerprint density at radius 2 is 2.21 bits per heavy atom. The highest BCUT2D eigenvalue weighted by Gasteiger charge is 2.17. The zero-order valence-corrected chi connectivity index (χ0v) is 8.65. The summed E-state index contributed by atoms with van der Waals surface area (Å²) in [4.78, 5) is 0. The van der Waals surface area contributed by atoms with Crippen LogP contribution in [0.4, 0.5) is 4.39 Å². The highest BCUT2D eigenvalue weighted by Crippen LogP contribution is 2.21. The molecule has 2 rings (SSSR count). The van der Waals surface area contributed by atoms with Gasteiger partial charge < -0.3 is 5.32 Å². The summed E-state index contributed by atoms with van der Waals surface area (Å²) in [6, 6.07) is 5.70. The molecule has 0 bridgehead atoms. The standard InChI is InChI=1S/C11H13ClFN/c12-10-6-1-3-8(11(10)13)7-14-9-4-2-5-9/h1,3,6,9,14H,2,4-5,7H2. The maximum atomic E-state index is 13.4. The Bertz CT molecular complexity index is 323. The molecule has 3 heteroatoms. The molecule has 1 aliphatic rings. The SMILES string of the molecule is Fc1c(Cl)cccc1CNC1CCC1. The van der Waals surface area contributed by atoms with E-state index in [1.165, 1.54) is 19.3 Å². The predicted molar refractivity (Wildman–Crippen MR) is 55.9 cm³/mol. The molecule has 0 spiro atoms. The summed E-state index contributed by atoms with van der Waals surface area (Å²) in [7, 11) is 0. The van der Waals surface area contributed by atoms with Gasteiger partial charge in [0, 0.05) is 18.2 Å². The monoisotopic (exact) mass is 213 g/mol. The quantitative estimate of drug-likeness (QED) is 0.814. The summed E-state index contributed by atoms with van der Waals surface area (Å²) in [5, 5.41) is 3.51. The van der Waals surface area contributed by atoms with Crippen molar-refractivity contribution in [2.75, 3.05) is 0 Å². The van der Waals surface area contributed by atoms with E-state index < -0.39 is 0 Å². The average Bonchev–Trinajstić information content (AvgIpc) is 2.09. The van der Waals surface area contributed by atoms with Gasteiger partial charge in [0.15, 0.2) is 0 Å². The number of halogens is 2. The summed E-state index contributed by atoms with van der Waals surface area (Å²) in [5.74, 6) is -0.291. The fourth-order valence-corrected chi connectivity index (χ4v) is 1.75. The van der Waals surface area contributed by atoms with Gasteiger partial charge in [0.25, 0.3) is 0 Å². The van der Waals surface area contributed by atoms with Crippen LogP contribution in [-0.2, 0) is 6.54 Å². The minimum Gasteiger partial charge on any atom is -0.310 e. The fraction of sp³-hybridized carbons (Fsp3) is 0.455. The van der Waals surface area contributed by atoms with Crippen molar-refractivity contribution in [1.82, 2.24) is 5.32 Å². The molecule has 1 saturated carbocycles. The van der Waals surface area contributed by atoms with Crippen molar-refractivity contribution in [3.63, 3.8) is 0 Å². The van der Waals surface area contributed by atoms with Crippen LogP contribution < -0.4 is 5.32 Å². The second-order valence-electron chi connectivity index (χ2n) is 3.72. The van der Waals surface area contributed by atoms with Gasteiger partial charge in [-0.05, 0) is 18.9 Å². The summed E-state index contributed by atoms with van der Waals surface area (Å²) in [6.45, 7) is 0.580. The predicted octanol–water partition coefficient (Wildman–Crippen LogP) is 3.12. The molecule has 1 aliphatic carbocycles. The van der Waals surface area contributed by atoms with E-state index in [0.717, 1.165) is 0 Å². The summed E-state index contributed by atoms with van der Waals surface area (Å²) >= 11 is 5.67. The van der Waals surface area contributed by atoms with Crippen LogP contribution in [0.5, 0.6) is 0 Å². The highest BCUT2D eigenvalue weighted by atomic mass is 35.5. The van der Waals surface area contributed by atoms with E-state index in [-0.39, 0.29) is 10.8 Å². The van der Waals surface area contributed by atoms with Crippen LogP contribution >= 0.6 is 11.6 Å². The molecular weight excluding hydrogens is 201 g/mol. The normalized spacial score (nSPS) is 16.7. The van der Waals surface area contributed by atoms with Crippen LogP contribution in [0.2, 0.25) is 5.02 Å². The van der Waals surface area contributed by atoms with Crippen molar-refractivity contribution in [2.24, 2.45) is 0 Å². The Kier molecular flexibility index (Phi) is 3.04. The Labute approximate surface area is 88.3 Å². The van der Waals surface area contributed by atoms with Crippen LogP contribution in [0.25, 0.3) is 0 Å². The van der Waals surface area contributed by atoms with Gasteiger partial charge in [0.2, 0.25) is 0 Å². The molecule has 1 N–H and O–H groups in total. The number of hydrogen-bond acceptors (Lipinski definition) is 1. The third kappa shape index (κ3) is 2.07. The van der Waals surface area contributed by atoms with Gasteiger partial charge in [0.05, 0.1) is 5.02 Å². The Hall–Kier alpha value is -0.600. The Morgan fingerprint density at radius 1 is 1.43 bits per heavy atom. The summed E-state index contributed by atoms with van der Waals surface area (Å²) < 4.78 is 13.4. The first kappa shape index (κ1) is 9.94. The van der Waals surface area contributed by atoms with Gasteiger partial charge in [0.1, 0.15) is 5.82 Å². The molecule has 0 radical (unpaired) electrons.